The molecule has 6 heavy (non-hydrogen) atoms. The van der Waals surface area contributed by atoms with Crippen LogP contribution in [0.25, 0.3) is 0 Å². The molecule has 2 aliphatic rings. The van der Waals surface area contributed by atoms with E-state index < -0.39 is 0 Å². The molecule has 2 aliphatic carbocycles. The maximum Gasteiger partial charge on any atom is 0.0164 e. The molecule has 2 fully saturated rings. The Labute approximate surface area is 43.3 Å². The standard InChI is InChI=1S/C5H8S/c1-5(6)3-2-4(3)5/h3-4,6H,2H2,1H3. The van der Waals surface area contributed by atoms with Crippen LogP contribution in [0, 0.1) is 11.8 Å². The van der Waals surface area contributed by atoms with E-state index in [9.17, 15) is 0 Å². The monoisotopic (exact) mass is 100 g/mol. The summed E-state index contributed by atoms with van der Waals surface area (Å²) in [6.07, 6.45) is 1.47. The first-order valence-electron chi connectivity index (χ1n) is 2.45. The van der Waals surface area contributed by atoms with Gasteiger partial charge in [-0.1, -0.05) is 6.92 Å². The second-order valence-corrected chi connectivity index (χ2v) is 3.64. The van der Waals surface area contributed by atoms with E-state index in [2.05, 4.69) is 19.6 Å². The zero-order chi connectivity index (χ0) is 4.36. The van der Waals surface area contributed by atoms with Crippen LogP contribution in [0.15, 0.2) is 0 Å². The molecule has 2 saturated carbocycles. The number of thiol groups is 1. The predicted octanol–water partition coefficient (Wildman–Crippen LogP) is 1.32. The van der Waals surface area contributed by atoms with Gasteiger partial charge in [-0.2, -0.15) is 12.6 Å². The minimum Gasteiger partial charge on any atom is -0.172 e. The summed E-state index contributed by atoms with van der Waals surface area (Å²) in [6.45, 7) is 2.23. The van der Waals surface area contributed by atoms with Gasteiger partial charge >= 0.3 is 0 Å². The maximum atomic E-state index is 4.38. The number of hydrogen-bond donors (Lipinski definition) is 1. The minimum atomic E-state index is 0.500. The highest BCUT2D eigenvalue weighted by atomic mass is 32.1. The normalized spacial score (nSPS) is 73.0. The molecule has 0 N–H and O–H groups in total. The van der Waals surface area contributed by atoms with Gasteiger partial charge < -0.3 is 0 Å². The fraction of sp³-hybridized carbons (Fsp3) is 1.00. The highest BCUT2D eigenvalue weighted by molar-refractivity contribution is 7.82. The SMILES string of the molecule is CC1(S)C2CC21. The molecule has 0 aliphatic heterocycles. The summed E-state index contributed by atoms with van der Waals surface area (Å²) in [5.41, 5.74) is 0. The lowest BCUT2D eigenvalue weighted by Gasteiger charge is -2.03. The molecule has 0 aromatic rings. The number of fused-ring (bicyclic) bond motifs is 1. The zero-order valence-corrected chi connectivity index (χ0v) is 4.70. The number of rotatable bonds is 0. The third-order valence-corrected chi connectivity index (χ3v) is 2.85. The van der Waals surface area contributed by atoms with Crippen molar-refractivity contribution in [2.45, 2.75) is 18.1 Å². The first-order chi connectivity index (χ1) is 2.73. The van der Waals surface area contributed by atoms with Crippen molar-refractivity contribution in [3.05, 3.63) is 0 Å². The summed E-state index contributed by atoms with van der Waals surface area (Å²) >= 11 is 4.38. The van der Waals surface area contributed by atoms with Gasteiger partial charge in [0.2, 0.25) is 0 Å². The molecule has 2 rings (SSSR count). The average molecular weight is 100 g/mol. The summed E-state index contributed by atoms with van der Waals surface area (Å²) in [7, 11) is 0. The first kappa shape index (κ1) is 3.36. The quantitative estimate of drug-likeness (QED) is 0.436. The summed E-state index contributed by atoms with van der Waals surface area (Å²) in [5, 5.41) is 0. The molecule has 1 heteroatoms. The number of hydrogen-bond acceptors (Lipinski definition) is 1. The van der Waals surface area contributed by atoms with E-state index in [0.29, 0.717) is 4.75 Å². The predicted molar refractivity (Wildman–Crippen MR) is 29.0 cm³/mol. The molecule has 0 amide bonds. The Morgan fingerprint density at radius 2 is 2.00 bits per heavy atom. The molecule has 2 unspecified atom stereocenters. The van der Waals surface area contributed by atoms with Crippen molar-refractivity contribution in [3.8, 4) is 0 Å². The summed E-state index contributed by atoms with van der Waals surface area (Å²) in [4.78, 5) is 0. The van der Waals surface area contributed by atoms with Crippen LogP contribution < -0.4 is 0 Å². The van der Waals surface area contributed by atoms with Crippen molar-refractivity contribution in [2.24, 2.45) is 11.8 Å². The van der Waals surface area contributed by atoms with Crippen LogP contribution in [0.1, 0.15) is 13.3 Å². The van der Waals surface area contributed by atoms with Crippen molar-refractivity contribution in [2.75, 3.05) is 0 Å². The van der Waals surface area contributed by atoms with Crippen LogP contribution in [-0.4, -0.2) is 4.75 Å². The highest BCUT2D eigenvalue weighted by Gasteiger charge is 2.71. The van der Waals surface area contributed by atoms with E-state index >= 15 is 0 Å². The fourth-order valence-electron chi connectivity index (χ4n) is 1.19. The van der Waals surface area contributed by atoms with Crippen molar-refractivity contribution in [3.63, 3.8) is 0 Å². The topological polar surface area (TPSA) is 0 Å². The van der Waals surface area contributed by atoms with Crippen molar-refractivity contribution in [1.82, 2.24) is 0 Å². The van der Waals surface area contributed by atoms with E-state index in [1.165, 1.54) is 6.42 Å². The maximum absolute atomic E-state index is 4.38. The van der Waals surface area contributed by atoms with Crippen LogP contribution in [0.3, 0.4) is 0 Å². The van der Waals surface area contributed by atoms with Crippen LogP contribution in [0.2, 0.25) is 0 Å². The van der Waals surface area contributed by atoms with Gasteiger partial charge in [0.1, 0.15) is 0 Å². The van der Waals surface area contributed by atoms with E-state index in [4.69, 9.17) is 0 Å². The van der Waals surface area contributed by atoms with Crippen LogP contribution in [0.4, 0.5) is 0 Å². The summed E-state index contributed by atoms with van der Waals surface area (Å²) in [5.74, 6) is 2.06. The third-order valence-electron chi connectivity index (χ3n) is 2.18. The molecule has 0 aromatic heterocycles. The molecule has 0 aromatic carbocycles. The van der Waals surface area contributed by atoms with Gasteiger partial charge in [0.15, 0.2) is 0 Å². The van der Waals surface area contributed by atoms with Gasteiger partial charge in [-0.15, -0.1) is 0 Å². The van der Waals surface area contributed by atoms with Crippen molar-refractivity contribution < 1.29 is 0 Å². The zero-order valence-electron chi connectivity index (χ0n) is 3.81. The molecule has 0 radical (unpaired) electrons. The largest absolute Gasteiger partial charge is 0.172 e. The molecule has 0 heterocycles. The summed E-state index contributed by atoms with van der Waals surface area (Å²) in [6, 6.07) is 0. The molecule has 0 bridgehead atoms. The second-order valence-electron chi connectivity index (χ2n) is 2.67. The first-order valence-corrected chi connectivity index (χ1v) is 2.90. The van der Waals surface area contributed by atoms with Gasteiger partial charge in [-0.3, -0.25) is 0 Å². The van der Waals surface area contributed by atoms with Crippen LogP contribution in [-0.2, 0) is 0 Å². The van der Waals surface area contributed by atoms with E-state index in [-0.39, 0.29) is 0 Å². The van der Waals surface area contributed by atoms with Crippen LogP contribution in [0.5, 0.6) is 0 Å². The average Bonchev–Trinajstić information content (AvgIpc) is 2.13. The van der Waals surface area contributed by atoms with Gasteiger partial charge in [-0.05, 0) is 18.3 Å². The Morgan fingerprint density at radius 1 is 1.67 bits per heavy atom. The van der Waals surface area contributed by atoms with Gasteiger partial charge in [0.05, 0.1) is 0 Å². The third kappa shape index (κ3) is 0.183. The smallest absolute Gasteiger partial charge is 0.0164 e. The fourth-order valence-corrected chi connectivity index (χ4v) is 1.69. The molecule has 0 saturated heterocycles. The lowest BCUT2D eigenvalue weighted by Crippen LogP contribution is -2.01. The lowest BCUT2D eigenvalue weighted by atomic mass is 10.2. The molecule has 34 valence electrons. The Morgan fingerprint density at radius 3 is 2.00 bits per heavy atom. The Kier molecular flexibility index (Phi) is 0.319. The molecule has 0 nitrogen and oxygen atoms in total. The Bertz CT molecular complexity index is 86.1. The summed E-state index contributed by atoms with van der Waals surface area (Å²) < 4.78 is 0.500. The Balaban J connectivity index is 2.21. The highest BCUT2D eigenvalue weighted by Crippen LogP contribution is 2.74. The van der Waals surface area contributed by atoms with Crippen LogP contribution >= 0.6 is 12.6 Å². The second kappa shape index (κ2) is 0.568. The van der Waals surface area contributed by atoms with E-state index in [1.807, 2.05) is 0 Å². The van der Waals surface area contributed by atoms with Gasteiger partial charge in [-0.25, -0.2) is 0 Å². The van der Waals surface area contributed by atoms with Gasteiger partial charge in [0, 0.05) is 4.75 Å². The van der Waals surface area contributed by atoms with Crippen molar-refractivity contribution >= 4 is 12.6 Å². The molecular weight excluding hydrogens is 92.1 g/mol. The lowest BCUT2D eigenvalue weighted by molar-refractivity contribution is 0.739. The van der Waals surface area contributed by atoms with Crippen molar-refractivity contribution in [1.29, 1.82) is 0 Å². The van der Waals surface area contributed by atoms with E-state index in [0.717, 1.165) is 11.8 Å². The minimum absolute atomic E-state index is 0.500. The van der Waals surface area contributed by atoms with Gasteiger partial charge in [0.25, 0.3) is 0 Å². The molecular formula is C5H8S. The molecule has 0 spiro atoms. The Hall–Kier alpha value is 0.350. The van der Waals surface area contributed by atoms with E-state index in [1.54, 1.807) is 0 Å². The molecule has 2 atom stereocenters.